The van der Waals surface area contributed by atoms with Crippen molar-refractivity contribution in [2.45, 2.75) is 20.4 Å². The fourth-order valence-electron chi connectivity index (χ4n) is 2.18. The van der Waals surface area contributed by atoms with Crippen molar-refractivity contribution >= 4 is 23.2 Å². The first-order valence-corrected chi connectivity index (χ1v) is 7.00. The molecular weight excluding hydrogens is 276 g/mol. The highest BCUT2D eigenvalue weighted by atomic mass is 32.1. The van der Waals surface area contributed by atoms with Crippen LogP contribution in [0.4, 0.5) is 0 Å². The van der Waals surface area contributed by atoms with E-state index >= 15 is 0 Å². The molecule has 0 aliphatic carbocycles. The van der Waals surface area contributed by atoms with E-state index in [1.54, 1.807) is 37.1 Å². The summed E-state index contributed by atoms with van der Waals surface area (Å²) < 4.78 is 0. The van der Waals surface area contributed by atoms with Gasteiger partial charge in [0.25, 0.3) is 5.91 Å². The van der Waals surface area contributed by atoms with Crippen LogP contribution in [0.15, 0.2) is 17.5 Å². The number of carbonyl (C=O) groups excluding carboxylic acids is 1. The second-order valence-electron chi connectivity index (χ2n) is 4.67. The van der Waals surface area contributed by atoms with Gasteiger partial charge in [-0.05, 0) is 30.9 Å². The van der Waals surface area contributed by atoms with E-state index in [4.69, 9.17) is 5.11 Å². The predicted octanol–water partition coefficient (Wildman–Crippen LogP) is 2.66. The molecule has 2 aromatic rings. The SMILES string of the molecule is Cc1[nH]c(C(=O)O)c(C)c1C(=O)N(C)Cc1cccs1. The molecule has 2 N–H and O–H groups in total. The summed E-state index contributed by atoms with van der Waals surface area (Å²) in [6.45, 7) is 3.88. The van der Waals surface area contributed by atoms with E-state index in [0.29, 0.717) is 23.4 Å². The number of carboxylic acid groups (broad SMARTS) is 1. The number of thiophene rings is 1. The fraction of sp³-hybridized carbons (Fsp3) is 0.286. The maximum atomic E-state index is 12.5. The van der Waals surface area contributed by atoms with E-state index in [2.05, 4.69) is 4.98 Å². The van der Waals surface area contributed by atoms with Crippen molar-refractivity contribution in [3.63, 3.8) is 0 Å². The molecule has 20 heavy (non-hydrogen) atoms. The summed E-state index contributed by atoms with van der Waals surface area (Å²) in [5.74, 6) is -1.22. The number of amides is 1. The Bertz CT molecular complexity index is 644. The van der Waals surface area contributed by atoms with E-state index in [1.807, 2.05) is 17.5 Å². The normalized spacial score (nSPS) is 10.6. The van der Waals surface area contributed by atoms with Crippen molar-refractivity contribution in [3.8, 4) is 0 Å². The fourth-order valence-corrected chi connectivity index (χ4v) is 2.94. The van der Waals surface area contributed by atoms with Crippen LogP contribution >= 0.6 is 11.3 Å². The molecule has 0 spiro atoms. The molecule has 2 aromatic heterocycles. The van der Waals surface area contributed by atoms with Gasteiger partial charge in [0.05, 0.1) is 12.1 Å². The quantitative estimate of drug-likeness (QED) is 0.910. The number of aryl methyl sites for hydroxylation is 1. The molecule has 0 saturated heterocycles. The molecule has 0 unspecified atom stereocenters. The molecule has 0 aliphatic rings. The number of rotatable bonds is 4. The molecular formula is C14H16N2O3S. The highest BCUT2D eigenvalue weighted by Crippen LogP contribution is 2.21. The molecule has 0 aromatic carbocycles. The zero-order valence-electron chi connectivity index (χ0n) is 11.6. The molecule has 0 aliphatic heterocycles. The van der Waals surface area contributed by atoms with Gasteiger partial charge in [-0.3, -0.25) is 4.79 Å². The molecule has 0 radical (unpaired) electrons. The van der Waals surface area contributed by atoms with Crippen LogP contribution < -0.4 is 0 Å². The second-order valence-corrected chi connectivity index (χ2v) is 5.70. The number of carboxylic acids is 1. The Hall–Kier alpha value is -2.08. The molecule has 2 heterocycles. The average molecular weight is 292 g/mol. The van der Waals surface area contributed by atoms with Crippen molar-refractivity contribution < 1.29 is 14.7 Å². The van der Waals surface area contributed by atoms with E-state index in [1.165, 1.54) is 0 Å². The molecule has 2 rings (SSSR count). The van der Waals surface area contributed by atoms with Crippen LogP contribution in [0.1, 0.15) is 37.0 Å². The van der Waals surface area contributed by atoms with E-state index < -0.39 is 5.97 Å². The Morgan fingerprint density at radius 1 is 1.40 bits per heavy atom. The predicted molar refractivity (Wildman–Crippen MR) is 77.3 cm³/mol. The highest BCUT2D eigenvalue weighted by Gasteiger charge is 2.23. The number of carbonyl (C=O) groups is 2. The van der Waals surface area contributed by atoms with Gasteiger partial charge >= 0.3 is 5.97 Å². The second kappa shape index (κ2) is 5.50. The van der Waals surface area contributed by atoms with Crippen LogP contribution in [-0.2, 0) is 6.54 Å². The summed E-state index contributed by atoms with van der Waals surface area (Å²) >= 11 is 1.59. The summed E-state index contributed by atoms with van der Waals surface area (Å²) in [7, 11) is 1.72. The zero-order valence-corrected chi connectivity index (χ0v) is 12.4. The van der Waals surface area contributed by atoms with Gasteiger partial charge in [0.1, 0.15) is 5.69 Å². The molecule has 5 nitrogen and oxygen atoms in total. The zero-order chi connectivity index (χ0) is 14.9. The number of aromatic nitrogens is 1. The number of hydrogen-bond donors (Lipinski definition) is 2. The van der Waals surface area contributed by atoms with Crippen LogP contribution in [0.5, 0.6) is 0 Å². The third-order valence-corrected chi connectivity index (χ3v) is 4.05. The smallest absolute Gasteiger partial charge is 0.352 e. The largest absolute Gasteiger partial charge is 0.477 e. The lowest BCUT2D eigenvalue weighted by molar-refractivity contribution is 0.0690. The molecule has 0 bridgehead atoms. The number of H-pyrrole nitrogens is 1. The summed E-state index contributed by atoms with van der Waals surface area (Å²) in [5, 5.41) is 11.0. The standard InChI is InChI=1S/C14H16N2O3S/c1-8-11(9(2)15-12(8)14(18)19)13(17)16(3)7-10-5-4-6-20-10/h4-6,15H,7H2,1-3H3,(H,18,19). The molecule has 0 atom stereocenters. The third-order valence-electron chi connectivity index (χ3n) is 3.19. The Morgan fingerprint density at radius 3 is 2.60 bits per heavy atom. The Balaban J connectivity index is 2.27. The van der Waals surface area contributed by atoms with Gasteiger partial charge in [0, 0.05) is 17.6 Å². The van der Waals surface area contributed by atoms with Crippen LogP contribution in [0.2, 0.25) is 0 Å². The van der Waals surface area contributed by atoms with Crippen molar-refractivity contribution in [1.29, 1.82) is 0 Å². The van der Waals surface area contributed by atoms with E-state index in [-0.39, 0.29) is 11.6 Å². The lowest BCUT2D eigenvalue weighted by atomic mass is 10.1. The van der Waals surface area contributed by atoms with E-state index in [9.17, 15) is 9.59 Å². The molecule has 1 amide bonds. The van der Waals surface area contributed by atoms with Gasteiger partial charge in [-0.1, -0.05) is 6.07 Å². The topological polar surface area (TPSA) is 73.4 Å². The number of hydrogen-bond acceptors (Lipinski definition) is 3. The monoisotopic (exact) mass is 292 g/mol. The molecule has 6 heteroatoms. The first-order chi connectivity index (χ1) is 9.41. The summed E-state index contributed by atoms with van der Waals surface area (Å²) in [6, 6.07) is 3.90. The number of aromatic amines is 1. The molecule has 0 saturated carbocycles. The maximum Gasteiger partial charge on any atom is 0.352 e. The van der Waals surface area contributed by atoms with E-state index in [0.717, 1.165) is 4.88 Å². The third kappa shape index (κ3) is 2.60. The Kier molecular flexibility index (Phi) is 3.94. The van der Waals surface area contributed by atoms with Gasteiger partial charge in [-0.25, -0.2) is 4.79 Å². The first kappa shape index (κ1) is 14.3. The van der Waals surface area contributed by atoms with Crippen LogP contribution in [-0.4, -0.2) is 33.9 Å². The van der Waals surface area contributed by atoms with Gasteiger partial charge in [-0.2, -0.15) is 0 Å². The van der Waals surface area contributed by atoms with Crippen LogP contribution in [0, 0.1) is 13.8 Å². The highest BCUT2D eigenvalue weighted by molar-refractivity contribution is 7.09. The van der Waals surface area contributed by atoms with Crippen LogP contribution in [0.25, 0.3) is 0 Å². The molecule has 106 valence electrons. The van der Waals surface area contributed by atoms with Crippen molar-refractivity contribution in [1.82, 2.24) is 9.88 Å². The van der Waals surface area contributed by atoms with Crippen molar-refractivity contribution in [2.24, 2.45) is 0 Å². The van der Waals surface area contributed by atoms with Gasteiger partial charge in [0.2, 0.25) is 0 Å². The number of nitrogens with one attached hydrogen (secondary N) is 1. The minimum absolute atomic E-state index is 0.0790. The summed E-state index contributed by atoms with van der Waals surface area (Å²) in [4.78, 5) is 29.0. The van der Waals surface area contributed by atoms with Crippen molar-refractivity contribution in [3.05, 3.63) is 44.9 Å². The van der Waals surface area contributed by atoms with Gasteiger partial charge in [-0.15, -0.1) is 11.3 Å². The Morgan fingerprint density at radius 2 is 2.10 bits per heavy atom. The lowest BCUT2D eigenvalue weighted by Gasteiger charge is -2.16. The number of nitrogens with zero attached hydrogens (tertiary/aromatic N) is 1. The van der Waals surface area contributed by atoms with Gasteiger partial charge in [0.15, 0.2) is 0 Å². The minimum Gasteiger partial charge on any atom is -0.477 e. The lowest BCUT2D eigenvalue weighted by Crippen LogP contribution is -2.26. The van der Waals surface area contributed by atoms with Crippen LogP contribution in [0.3, 0.4) is 0 Å². The van der Waals surface area contributed by atoms with Gasteiger partial charge < -0.3 is 15.0 Å². The minimum atomic E-state index is -1.05. The summed E-state index contributed by atoms with van der Waals surface area (Å²) in [6.07, 6.45) is 0. The Labute approximate surface area is 120 Å². The first-order valence-electron chi connectivity index (χ1n) is 6.12. The summed E-state index contributed by atoms with van der Waals surface area (Å²) in [5.41, 5.74) is 1.60. The number of aromatic carboxylic acids is 1. The van der Waals surface area contributed by atoms with Crippen molar-refractivity contribution in [2.75, 3.05) is 7.05 Å². The average Bonchev–Trinajstić information content (AvgIpc) is 2.97. The maximum absolute atomic E-state index is 12.5. The molecule has 0 fully saturated rings.